The molecule has 0 aromatic heterocycles. The van der Waals surface area contributed by atoms with E-state index in [0.29, 0.717) is 17.4 Å². The van der Waals surface area contributed by atoms with Crippen LogP contribution in [0.15, 0.2) is 12.2 Å². The molecule has 0 spiro atoms. The Bertz CT molecular complexity index is 1240. The molecule has 0 saturated heterocycles. The maximum absolute atomic E-state index is 13.5. The zero-order valence-electron chi connectivity index (χ0n) is 48.9. The molecule has 0 bridgehead atoms. The van der Waals surface area contributed by atoms with Crippen LogP contribution in [-0.2, 0) is 27.9 Å². The smallest absolute Gasteiger partial charge is 0.306 e. The maximum atomic E-state index is 13.5. The van der Waals surface area contributed by atoms with Crippen LogP contribution < -0.4 is 10.2 Å². The number of amides is 1. The molecular formula is C62H123N2O7P. The lowest BCUT2D eigenvalue weighted by molar-refractivity contribution is -0.870. The third-order valence-electron chi connectivity index (χ3n) is 14.5. The van der Waals surface area contributed by atoms with Gasteiger partial charge in [-0.15, -0.1) is 0 Å². The zero-order chi connectivity index (χ0) is 52.9. The molecule has 1 N–H and O–H groups in total. The highest BCUT2D eigenvalue weighted by atomic mass is 31.2. The standard InChI is InChI=1S/C62H123N2O7P/c1-7-10-13-16-19-22-25-28-30-31-32-33-34-37-40-43-46-49-52-55-62(66)71-60(53-50-47-44-41-38-35-27-24-21-18-15-12-9-3)59(58-70-72(67,68)69-57-56-64(4,5)6)63-61(65)54-51-48-45-42-39-36-29-26-23-20-17-14-11-8-2/h50,53,59-60H,7-49,51-52,54-58H2,1-6H3,(H-,63,65,67,68)/b53-50+. The van der Waals surface area contributed by atoms with Gasteiger partial charge in [-0.3, -0.25) is 14.2 Å². The van der Waals surface area contributed by atoms with E-state index in [-0.39, 0.29) is 31.5 Å². The summed E-state index contributed by atoms with van der Waals surface area (Å²) in [5, 5.41) is 3.04. The fourth-order valence-electron chi connectivity index (χ4n) is 9.58. The first-order chi connectivity index (χ1) is 34.9. The lowest BCUT2D eigenvalue weighted by Crippen LogP contribution is -2.47. The number of nitrogens with zero attached hydrogens (tertiary/aromatic N) is 1. The number of quaternary nitrogens is 1. The van der Waals surface area contributed by atoms with Gasteiger partial charge in [0.1, 0.15) is 19.3 Å². The summed E-state index contributed by atoms with van der Waals surface area (Å²) in [5.74, 6) is -0.519. The molecule has 72 heavy (non-hydrogen) atoms. The third-order valence-corrected chi connectivity index (χ3v) is 15.4. The average Bonchev–Trinajstić information content (AvgIpc) is 3.34. The highest BCUT2D eigenvalue weighted by Gasteiger charge is 2.27. The first kappa shape index (κ1) is 70.8. The molecule has 9 nitrogen and oxygen atoms in total. The third kappa shape index (κ3) is 53.6. The molecule has 0 aliphatic carbocycles. The number of hydrogen-bond acceptors (Lipinski definition) is 7. The van der Waals surface area contributed by atoms with E-state index < -0.39 is 20.0 Å². The highest BCUT2D eigenvalue weighted by molar-refractivity contribution is 7.45. The van der Waals surface area contributed by atoms with Crippen molar-refractivity contribution in [1.82, 2.24) is 5.32 Å². The molecule has 428 valence electrons. The van der Waals surface area contributed by atoms with Gasteiger partial charge in [0.05, 0.1) is 33.8 Å². The van der Waals surface area contributed by atoms with Crippen molar-refractivity contribution < 1.29 is 37.3 Å². The van der Waals surface area contributed by atoms with E-state index in [0.717, 1.165) is 57.8 Å². The molecule has 3 unspecified atom stereocenters. The number of phosphoric ester groups is 1. The predicted octanol–water partition coefficient (Wildman–Crippen LogP) is 18.5. The minimum absolute atomic E-state index is 0.0167. The van der Waals surface area contributed by atoms with Crippen molar-refractivity contribution in [2.24, 2.45) is 0 Å². The summed E-state index contributed by atoms with van der Waals surface area (Å²) in [5.41, 5.74) is 0. The van der Waals surface area contributed by atoms with E-state index in [1.807, 2.05) is 33.3 Å². The van der Waals surface area contributed by atoms with Gasteiger partial charge in [0, 0.05) is 12.8 Å². The van der Waals surface area contributed by atoms with Gasteiger partial charge < -0.3 is 28.5 Å². The van der Waals surface area contributed by atoms with E-state index in [2.05, 4.69) is 26.1 Å². The number of nitrogens with one attached hydrogen (secondary N) is 1. The Morgan fingerprint density at radius 1 is 0.472 bits per heavy atom. The van der Waals surface area contributed by atoms with Crippen LogP contribution in [0.25, 0.3) is 0 Å². The van der Waals surface area contributed by atoms with E-state index in [4.69, 9.17) is 13.8 Å². The molecule has 0 radical (unpaired) electrons. The summed E-state index contributed by atoms with van der Waals surface area (Å²) in [6, 6.07) is -0.879. The van der Waals surface area contributed by atoms with Crippen molar-refractivity contribution in [3.63, 3.8) is 0 Å². The Morgan fingerprint density at radius 2 is 0.792 bits per heavy atom. The summed E-state index contributed by atoms with van der Waals surface area (Å²) < 4.78 is 30.3. The normalized spacial score (nSPS) is 13.7. The highest BCUT2D eigenvalue weighted by Crippen LogP contribution is 2.38. The van der Waals surface area contributed by atoms with Gasteiger partial charge in [0.25, 0.3) is 7.82 Å². The lowest BCUT2D eigenvalue weighted by atomic mass is 10.0. The number of phosphoric acid groups is 1. The molecule has 3 atom stereocenters. The number of likely N-dealkylation sites (N-methyl/N-ethyl adjacent to an activating group) is 1. The predicted molar refractivity (Wildman–Crippen MR) is 307 cm³/mol. The van der Waals surface area contributed by atoms with Crippen molar-refractivity contribution in [2.75, 3.05) is 40.9 Å². The van der Waals surface area contributed by atoms with Gasteiger partial charge in [-0.2, -0.15) is 0 Å². The number of hydrogen-bond donors (Lipinski definition) is 1. The molecule has 1 amide bonds. The van der Waals surface area contributed by atoms with Gasteiger partial charge in [0.15, 0.2) is 0 Å². The second kappa shape index (κ2) is 53.2. The van der Waals surface area contributed by atoms with Crippen molar-refractivity contribution in [1.29, 1.82) is 0 Å². The molecule has 0 aromatic carbocycles. The van der Waals surface area contributed by atoms with Crippen LogP contribution in [0.3, 0.4) is 0 Å². The number of ether oxygens (including phenoxy) is 1. The molecule has 0 saturated carbocycles. The Balaban J connectivity index is 5.21. The van der Waals surface area contributed by atoms with Gasteiger partial charge in [-0.05, 0) is 31.8 Å². The Labute approximate surface area is 448 Å². The maximum Gasteiger partial charge on any atom is 0.306 e. The molecular weight excluding hydrogens is 916 g/mol. The SMILES string of the molecule is CCCCCCCCCCCCC/C=C/C(OC(=O)CCCCCCCCCCCCCCCCCCCCC)C(COP(=O)([O-])OCC[N+](C)(C)C)NC(=O)CCCCCCCCCCCCCCCC. The summed E-state index contributed by atoms with van der Waals surface area (Å²) in [4.78, 5) is 40.0. The van der Waals surface area contributed by atoms with Gasteiger partial charge in [0.2, 0.25) is 5.91 Å². The fraction of sp³-hybridized carbons (Fsp3) is 0.935. The van der Waals surface area contributed by atoms with Crippen LogP contribution in [0.5, 0.6) is 0 Å². The topological polar surface area (TPSA) is 114 Å². The quantitative estimate of drug-likeness (QED) is 0.0212. The molecule has 10 heteroatoms. The van der Waals surface area contributed by atoms with Crippen LogP contribution in [0.4, 0.5) is 0 Å². The number of unbranched alkanes of at least 4 members (excludes halogenated alkanes) is 42. The number of carbonyl (C=O) groups excluding carboxylic acids is 2. The summed E-state index contributed by atoms with van der Waals surface area (Å²) in [6.45, 7) is 6.90. The molecule has 0 aliphatic rings. The number of allylic oxidation sites excluding steroid dienone is 1. The summed E-state index contributed by atoms with van der Waals surface area (Å²) in [6.07, 6.45) is 60.3. The van der Waals surface area contributed by atoms with E-state index in [1.54, 1.807) is 0 Å². The fourth-order valence-corrected chi connectivity index (χ4v) is 10.3. The van der Waals surface area contributed by atoms with Crippen LogP contribution in [-0.4, -0.2) is 69.4 Å². The largest absolute Gasteiger partial charge is 0.756 e. The molecule has 0 heterocycles. The minimum Gasteiger partial charge on any atom is -0.756 e. The Hall–Kier alpha value is -1.25. The van der Waals surface area contributed by atoms with Gasteiger partial charge >= 0.3 is 5.97 Å². The van der Waals surface area contributed by atoms with Crippen molar-refractivity contribution in [3.05, 3.63) is 12.2 Å². The molecule has 0 aliphatic heterocycles. The van der Waals surface area contributed by atoms with Gasteiger partial charge in [-0.25, -0.2) is 0 Å². The van der Waals surface area contributed by atoms with E-state index in [1.165, 1.54) is 231 Å². The number of rotatable bonds is 58. The van der Waals surface area contributed by atoms with Crippen molar-refractivity contribution in [3.8, 4) is 0 Å². The van der Waals surface area contributed by atoms with Crippen molar-refractivity contribution >= 4 is 19.7 Å². The first-order valence-corrected chi connectivity index (χ1v) is 33.0. The van der Waals surface area contributed by atoms with E-state index >= 15 is 0 Å². The minimum atomic E-state index is -4.69. The second-order valence-electron chi connectivity index (χ2n) is 22.9. The monoisotopic (exact) mass is 1040 g/mol. The summed E-state index contributed by atoms with van der Waals surface area (Å²) in [7, 11) is 1.21. The zero-order valence-corrected chi connectivity index (χ0v) is 49.8. The number of carbonyl (C=O) groups is 2. The first-order valence-electron chi connectivity index (χ1n) is 31.5. The van der Waals surface area contributed by atoms with Crippen LogP contribution in [0, 0.1) is 0 Å². The summed E-state index contributed by atoms with van der Waals surface area (Å²) >= 11 is 0. The molecule has 0 fully saturated rings. The van der Waals surface area contributed by atoms with Crippen molar-refractivity contribution in [2.45, 2.75) is 335 Å². The van der Waals surface area contributed by atoms with E-state index in [9.17, 15) is 19.0 Å². The van der Waals surface area contributed by atoms with Gasteiger partial charge in [-0.1, -0.05) is 290 Å². The van der Waals surface area contributed by atoms with Crippen LogP contribution >= 0.6 is 7.82 Å². The molecule has 0 aromatic rings. The molecule has 0 rings (SSSR count). The Morgan fingerprint density at radius 3 is 1.14 bits per heavy atom. The van der Waals surface area contributed by atoms with Crippen LogP contribution in [0.1, 0.15) is 323 Å². The second-order valence-corrected chi connectivity index (χ2v) is 24.3. The number of esters is 1. The lowest BCUT2D eigenvalue weighted by Gasteiger charge is -2.30. The van der Waals surface area contributed by atoms with Crippen LogP contribution in [0.2, 0.25) is 0 Å². The Kier molecular flexibility index (Phi) is 52.2. The average molecular weight is 1040 g/mol.